The Bertz CT molecular complexity index is 763. The van der Waals surface area contributed by atoms with Gasteiger partial charge in [0.1, 0.15) is 0 Å². The number of benzene rings is 2. The normalized spacial score (nSPS) is 12.7. The van der Waals surface area contributed by atoms with Crippen molar-refractivity contribution in [3.8, 4) is 10.4 Å². The van der Waals surface area contributed by atoms with Crippen molar-refractivity contribution in [2.45, 2.75) is 19.9 Å². The van der Waals surface area contributed by atoms with Crippen LogP contribution in [0.4, 0.5) is 0 Å². The second-order valence-electron chi connectivity index (χ2n) is 5.12. The van der Waals surface area contributed by atoms with Gasteiger partial charge in [-0.25, -0.2) is 0 Å². The van der Waals surface area contributed by atoms with Gasteiger partial charge in [0.25, 0.3) is 0 Å². The number of fused-ring (bicyclic) bond motifs is 1. The minimum Gasteiger partial charge on any atom is -0.310 e. The smallest absolute Gasteiger partial charge is 0.0386 e. The van der Waals surface area contributed by atoms with Crippen LogP contribution in [0.25, 0.3) is 21.2 Å². The first kappa shape index (κ1) is 14.8. The summed E-state index contributed by atoms with van der Waals surface area (Å²) in [5.74, 6) is 0. The summed E-state index contributed by atoms with van der Waals surface area (Å²) in [5, 5.41) is 6.05. The molecule has 0 aliphatic carbocycles. The van der Waals surface area contributed by atoms with Crippen LogP contribution in [0, 0.1) is 0 Å². The molecular weight excluding hydrogens is 342 g/mol. The number of nitrogens with one attached hydrogen (secondary N) is 1. The highest BCUT2D eigenvalue weighted by Crippen LogP contribution is 2.37. The fraction of sp³-hybridized carbons (Fsp3) is 0.222. The molecule has 0 radical (unpaired) electrons. The lowest BCUT2D eigenvalue weighted by molar-refractivity contribution is 0.607. The van der Waals surface area contributed by atoms with E-state index in [0.717, 1.165) is 11.0 Å². The van der Waals surface area contributed by atoms with Crippen LogP contribution in [0.3, 0.4) is 0 Å². The predicted molar refractivity (Wildman–Crippen MR) is 97.1 cm³/mol. The Kier molecular flexibility index (Phi) is 4.43. The average molecular weight is 360 g/mol. The van der Waals surface area contributed by atoms with E-state index < -0.39 is 0 Å². The lowest BCUT2D eigenvalue weighted by atomic mass is 10.0. The Balaban J connectivity index is 2.07. The Morgan fingerprint density at radius 2 is 1.81 bits per heavy atom. The fourth-order valence-electron chi connectivity index (χ4n) is 2.61. The maximum absolute atomic E-state index is 3.65. The van der Waals surface area contributed by atoms with E-state index in [1.165, 1.54) is 26.1 Å². The molecule has 108 valence electrons. The maximum atomic E-state index is 3.65. The van der Waals surface area contributed by atoms with Crippen molar-refractivity contribution in [3.63, 3.8) is 0 Å². The molecule has 3 aromatic rings. The molecule has 1 aromatic heterocycles. The zero-order valence-electron chi connectivity index (χ0n) is 12.2. The van der Waals surface area contributed by atoms with Crippen LogP contribution in [0.15, 0.2) is 53.0 Å². The molecule has 0 saturated heterocycles. The maximum Gasteiger partial charge on any atom is 0.0386 e. The molecule has 1 heterocycles. The van der Waals surface area contributed by atoms with Gasteiger partial charge in [-0.1, -0.05) is 53.2 Å². The number of hydrogen-bond acceptors (Lipinski definition) is 2. The molecule has 0 bridgehead atoms. The number of hydrogen-bond donors (Lipinski definition) is 1. The van der Waals surface area contributed by atoms with E-state index >= 15 is 0 Å². The van der Waals surface area contributed by atoms with Gasteiger partial charge >= 0.3 is 0 Å². The molecule has 0 spiro atoms. The predicted octanol–water partition coefficient (Wildman–Crippen LogP) is 6.00. The van der Waals surface area contributed by atoms with Gasteiger partial charge in [-0.15, -0.1) is 11.3 Å². The molecule has 0 fully saturated rings. The first-order chi connectivity index (χ1) is 10.2. The summed E-state index contributed by atoms with van der Waals surface area (Å²) >= 11 is 5.52. The molecule has 3 rings (SSSR count). The van der Waals surface area contributed by atoms with Gasteiger partial charge in [0.2, 0.25) is 0 Å². The van der Waals surface area contributed by atoms with Gasteiger partial charge in [-0.3, -0.25) is 0 Å². The molecule has 3 heteroatoms. The molecule has 0 amide bonds. The summed E-state index contributed by atoms with van der Waals surface area (Å²) < 4.78 is 1.15. The van der Waals surface area contributed by atoms with Crippen molar-refractivity contribution >= 4 is 38.0 Å². The first-order valence-electron chi connectivity index (χ1n) is 7.21. The van der Waals surface area contributed by atoms with E-state index in [9.17, 15) is 0 Å². The molecule has 1 unspecified atom stereocenters. The van der Waals surface area contributed by atoms with Gasteiger partial charge in [-0.05, 0) is 48.0 Å². The Labute approximate surface area is 138 Å². The van der Waals surface area contributed by atoms with E-state index in [4.69, 9.17) is 0 Å². The summed E-state index contributed by atoms with van der Waals surface area (Å²) in [7, 11) is 0. The van der Waals surface area contributed by atoms with Crippen molar-refractivity contribution in [2.24, 2.45) is 0 Å². The van der Waals surface area contributed by atoms with Crippen molar-refractivity contribution < 1.29 is 0 Å². The SMILES string of the molecule is CCNC(C)c1ccc(-c2ccc(Br)c3ccccc23)s1. The quantitative estimate of drug-likeness (QED) is 0.602. The summed E-state index contributed by atoms with van der Waals surface area (Å²) in [6, 6.07) is 17.8. The third-order valence-electron chi connectivity index (χ3n) is 3.70. The molecule has 1 nitrogen and oxygen atoms in total. The lowest BCUT2D eigenvalue weighted by Crippen LogP contribution is -2.16. The minimum absolute atomic E-state index is 0.412. The van der Waals surface area contributed by atoms with Gasteiger partial charge in [0.05, 0.1) is 0 Å². The summed E-state index contributed by atoms with van der Waals surface area (Å²) in [4.78, 5) is 2.72. The van der Waals surface area contributed by atoms with Crippen molar-refractivity contribution in [2.75, 3.05) is 6.54 Å². The Morgan fingerprint density at radius 1 is 1.05 bits per heavy atom. The van der Waals surface area contributed by atoms with E-state index in [-0.39, 0.29) is 0 Å². The lowest BCUT2D eigenvalue weighted by Gasteiger charge is -2.09. The molecule has 2 aromatic carbocycles. The van der Waals surface area contributed by atoms with Gasteiger partial charge in [0.15, 0.2) is 0 Å². The molecule has 1 N–H and O–H groups in total. The van der Waals surface area contributed by atoms with Gasteiger partial charge in [-0.2, -0.15) is 0 Å². The van der Waals surface area contributed by atoms with Crippen LogP contribution >= 0.6 is 27.3 Å². The van der Waals surface area contributed by atoms with Crippen LogP contribution < -0.4 is 5.32 Å². The number of rotatable bonds is 4. The third-order valence-corrected chi connectivity index (χ3v) is 5.69. The summed E-state index contributed by atoms with van der Waals surface area (Å²) in [6.45, 7) is 5.36. The second-order valence-corrected chi connectivity index (χ2v) is 7.09. The highest BCUT2D eigenvalue weighted by molar-refractivity contribution is 9.10. The number of thiophene rings is 1. The second kappa shape index (κ2) is 6.30. The van der Waals surface area contributed by atoms with E-state index in [2.05, 4.69) is 83.6 Å². The fourth-order valence-corrected chi connectivity index (χ4v) is 4.17. The molecular formula is C18H18BrNS. The van der Waals surface area contributed by atoms with Crippen molar-refractivity contribution in [1.82, 2.24) is 5.32 Å². The standard InChI is InChI=1S/C18H18BrNS/c1-3-20-12(2)17-10-11-18(21-17)15-8-9-16(19)14-7-5-4-6-13(14)15/h4-12,20H,3H2,1-2H3. The summed E-state index contributed by atoms with van der Waals surface area (Å²) in [5.41, 5.74) is 1.31. The highest BCUT2D eigenvalue weighted by Gasteiger charge is 2.11. The first-order valence-corrected chi connectivity index (χ1v) is 8.82. The van der Waals surface area contributed by atoms with Crippen LogP contribution in [0.1, 0.15) is 24.8 Å². The van der Waals surface area contributed by atoms with Gasteiger partial charge in [0, 0.05) is 20.3 Å². The van der Waals surface area contributed by atoms with Crippen LogP contribution in [0.2, 0.25) is 0 Å². The molecule has 0 aliphatic heterocycles. The number of halogens is 1. The third kappa shape index (κ3) is 2.91. The van der Waals surface area contributed by atoms with Crippen LogP contribution in [0.5, 0.6) is 0 Å². The van der Waals surface area contributed by atoms with Crippen molar-refractivity contribution in [1.29, 1.82) is 0 Å². The van der Waals surface area contributed by atoms with Gasteiger partial charge < -0.3 is 5.32 Å². The molecule has 21 heavy (non-hydrogen) atoms. The Morgan fingerprint density at radius 3 is 2.57 bits per heavy atom. The summed E-state index contributed by atoms with van der Waals surface area (Å²) in [6.07, 6.45) is 0. The van der Waals surface area contributed by atoms with E-state index in [0.29, 0.717) is 6.04 Å². The van der Waals surface area contributed by atoms with Crippen molar-refractivity contribution in [3.05, 3.63) is 57.9 Å². The monoisotopic (exact) mass is 359 g/mol. The molecule has 0 aliphatic rings. The minimum atomic E-state index is 0.412. The van der Waals surface area contributed by atoms with Crippen LogP contribution in [-0.4, -0.2) is 6.54 Å². The molecule has 0 saturated carbocycles. The molecule has 1 atom stereocenters. The largest absolute Gasteiger partial charge is 0.310 e. The van der Waals surface area contributed by atoms with E-state index in [1.54, 1.807) is 0 Å². The Hall–Kier alpha value is -1.16. The zero-order chi connectivity index (χ0) is 14.8. The van der Waals surface area contributed by atoms with Crippen LogP contribution in [-0.2, 0) is 0 Å². The average Bonchev–Trinajstić information content (AvgIpc) is 2.98. The topological polar surface area (TPSA) is 12.0 Å². The van der Waals surface area contributed by atoms with E-state index in [1.807, 2.05) is 11.3 Å². The highest BCUT2D eigenvalue weighted by atomic mass is 79.9. The zero-order valence-corrected chi connectivity index (χ0v) is 14.6.